The molecule has 0 bridgehead atoms. The lowest BCUT2D eigenvalue weighted by Gasteiger charge is -2.40. The molecule has 0 spiro atoms. The van der Waals surface area contributed by atoms with Crippen LogP contribution in [0.5, 0.6) is 0 Å². The van der Waals surface area contributed by atoms with Gasteiger partial charge in [-0.25, -0.2) is 0 Å². The molecule has 1 atom stereocenters. The van der Waals surface area contributed by atoms with Crippen LogP contribution in [-0.2, 0) is 0 Å². The van der Waals surface area contributed by atoms with E-state index >= 15 is 0 Å². The second-order valence-electron chi connectivity index (χ2n) is 4.77. The standard InChI is InChI=1S/C12H31N5/c1-17-11(4-9-15)12(10-16,5-2-7-13)6-3-8-14/h11,17H,2-10,13-16H2,1H3. The molecule has 1 unspecified atom stereocenters. The van der Waals surface area contributed by atoms with E-state index < -0.39 is 0 Å². The van der Waals surface area contributed by atoms with Crippen molar-refractivity contribution >= 4 is 0 Å². The van der Waals surface area contributed by atoms with Gasteiger partial charge in [0.2, 0.25) is 0 Å². The predicted octanol–water partition coefficient (Wildman–Crippen LogP) is -0.654. The SMILES string of the molecule is CNC(CCN)C(CN)(CCCN)CCCN. The molecule has 0 aromatic rings. The molecule has 0 amide bonds. The highest BCUT2D eigenvalue weighted by Gasteiger charge is 2.35. The third-order valence-electron chi connectivity index (χ3n) is 3.71. The molecule has 5 nitrogen and oxygen atoms in total. The minimum absolute atomic E-state index is 0.0901. The van der Waals surface area contributed by atoms with Gasteiger partial charge in [0.25, 0.3) is 0 Å². The van der Waals surface area contributed by atoms with Crippen molar-refractivity contribution in [2.45, 2.75) is 38.1 Å². The summed E-state index contributed by atoms with van der Waals surface area (Å²) in [6.07, 6.45) is 5.05. The van der Waals surface area contributed by atoms with Crippen molar-refractivity contribution in [3.8, 4) is 0 Å². The maximum absolute atomic E-state index is 6.03. The van der Waals surface area contributed by atoms with Crippen molar-refractivity contribution in [2.24, 2.45) is 28.3 Å². The van der Waals surface area contributed by atoms with E-state index in [0.717, 1.165) is 32.1 Å². The van der Waals surface area contributed by atoms with E-state index in [-0.39, 0.29) is 5.41 Å². The van der Waals surface area contributed by atoms with Crippen LogP contribution in [0.15, 0.2) is 0 Å². The number of nitrogens with two attached hydrogens (primary N) is 4. The summed E-state index contributed by atoms with van der Waals surface area (Å²) >= 11 is 0. The fraction of sp³-hybridized carbons (Fsp3) is 1.00. The van der Waals surface area contributed by atoms with E-state index in [2.05, 4.69) is 5.32 Å². The van der Waals surface area contributed by atoms with Gasteiger partial charge in [0.05, 0.1) is 0 Å². The molecule has 5 heteroatoms. The van der Waals surface area contributed by atoms with Crippen LogP contribution in [0, 0.1) is 5.41 Å². The zero-order chi connectivity index (χ0) is 13.1. The van der Waals surface area contributed by atoms with Gasteiger partial charge < -0.3 is 28.3 Å². The first-order valence-electron chi connectivity index (χ1n) is 6.68. The third kappa shape index (κ3) is 5.31. The molecule has 0 saturated carbocycles. The topological polar surface area (TPSA) is 116 Å². The van der Waals surface area contributed by atoms with E-state index in [1.165, 1.54) is 0 Å². The Morgan fingerprint density at radius 2 is 1.47 bits per heavy atom. The zero-order valence-corrected chi connectivity index (χ0v) is 11.3. The van der Waals surface area contributed by atoms with Crippen molar-refractivity contribution in [2.75, 3.05) is 33.2 Å². The monoisotopic (exact) mass is 245 g/mol. The molecule has 0 aliphatic carbocycles. The molecule has 0 aliphatic rings. The summed E-state index contributed by atoms with van der Waals surface area (Å²) in [5.41, 5.74) is 23.1. The molecule has 0 radical (unpaired) electrons. The average molecular weight is 245 g/mol. The molecule has 104 valence electrons. The van der Waals surface area contributed by atoms with Crippen molar-refractivity contribution in [1.82, 2.24) is 5.32 Å². The van der Waals surface area contributed by atoms with Crippen LogP contribution in [-0.4, -0.2) is 39.3 Å². The van der Waals surface area contributed by atoms with E-state index in [4.69, 9.17) is 22.9 Å². The molecule has 0 fully saturated rings. The molecule has 9 N–H and O–H groups in total. The highest BCUT2D eigenvalue weighted by Crippen LogP contribution is 2.33. The first-order valence-corrected chi connectivity index (χ1v) is 6.68. The lowest BCUT2D eigenvalue weighted by atomic mass is 9.71. The van der Waals surface area contributed by atoms with Crippen molar-refractivity contribution < 1.29 is 0 Å². The fourth-order valence-electron chi connectivity index (χ4n) is 2.65. The summed E-state index contributed by atoms with van der Waals surface area (Å²) in [4.78, 5) is 0. The van der Waals surface area contributed by atoms with Crippen LogP contribution >= 0.6 is 0 Å². The zero-order valence-electron chi connectivity index (χ0n) is 11.3. The summed E-state index contributed by atoms with van der Waals surface area (Å²) in [5, 5.41) is 3.37. The number of nitrogens with one attached hydrogen (secondary N) is 1. The van der Waals surface area contributed by atoms with Gasteiger partial charge in [0.1, 0.15) is 0 Å². The van der Waals surface area contributed by atoms with Gasteiger partial charge in [-0.15, -0.1) is 0 Å². The molecular formula is C12H31N5. The maximum atomic E-state index is 6.03. The Labute approximate surface area is 106 Å². The van der Waals surface area contributed by atoms with Crippen molar-refractivity contribution in [3.63, 3.8) is 0 Å². The highest BCUT2D eigenvalue weighted by molar-refractivity contribution is 4.92. The lowest BCUT2D eigenvalue weighted by molar-refractivity contribution is 0.159. The van der Waals surface area contributed by atoms with Gasteiger partial charge in [0.15, 0.2) is 0 Å². The second kappa shape index (κ2) is 9.79. The fourth-order valence-corrected chi connectivity index (χ4v) is 2.65. The first kappa shape index (κ1) is 16.8. The Bertz CT molecular complexity index is 166. The van der Waals surface area contributed by atoms with Gasteiger partial charge >= 0.3 is 0 Å². The summed E-state index contributed by atoms with van der Waals surface area (Å²) in [6, 6.07) is 0.357. The summed E-state index contributed by atoms with van der Waals surface area (Å²) in [5.74, 6) is 0. The predicted molar refractivity (Wildman–Crippen MR) is 74.6 cm³/mol. The van der Waals surface area contributed by atoms with Crippen LogP contribution in [0.1, 0.15) is 32.1 Å². The summed E-state index contributed by atoms with van der Waals surface area (Å²) in [7, 11) is 1.98. The van der Waals surface area contributed by atoms with E-state index in [1.807, 2.05) is 7.05 Å². The minimum Gasteiger partial charge on any atom is -0.330 e. The Kier molecular flexibility index (Phi) is 9.68. The van der Waals surface area contributed by atoms with Gasteiger partial charge in [-0.3, -0.25) is 0 Å². The van der Waals surface area contributed by atoms with Crippen molar-refractivity contribution in [1.29, 1.82) is 0 Å². The van der Waals surface area contributed by atoms with Crippen LogP contribution < -0.4 is 28.3 Å². The van der Waals surface area contributed by atoms with Gasteiger partial charge in [-0.1, -0.05) is 0 Å². The van der Waals surface area contributed by atoms with Crippen molar-refractivity contribution in [3.05, 3.63) is 0 Å². The molecule has 0 aliphatic heterocycles. The summed E-state index contributed by atoms with van der Waals surface area (Å²) in [6.45, 7) is 2.77. The average Bonchev–Trinajstić information content (AvgIpc) is 2.37. The molecule has 0 rings (SSSR count). The molecular weight excluding hydrogens is 214 g/mol. The molecule has 0 saturated heterocycles. The van der Waals surface area contributed by atoms with Crippen LogP contribution in [0.3, 0.4) is 0 Å². The quantitative estimate of drug-likeness (QED) is 0.331. The molecule has 0 aromatic heterocycles. The van der Waals surface area contributed by atoms with E-state index in [0.29, 0.717) is 32.2 Å². The first-order chi connectivity index (χ1) is 8.20. The Balaban J connectivity index is 4.71. The smallest absolute Gasteiger partial charge is 0.0145 e. The maximum Gasteiger partial charge on any atom is 0.0145 e. The second-order valence-corrected chi connectivity index (χ2v) is 4.77. The van der Waals surface area contributed by atoms with Crippen LogP contribution in [0.2, 0.25) is 0 Å². The highest BCUT2D eigenvalue weighted by atomic mass is 14.9. The lowest BCUT2D eigenvalue weighted by Crippen LogP contribution is -2.50. The Morgan fingerprint density at radius 1 is 0.941 bits per heavy atom. The van der Waals surface area contributed by atoms with Crippen LogP contribution in [0.25, 0.3) is 0 Å². The number of rotatable bonds is 11. The molecule has 0 heterocycles. The molecule has 0 aromatic carbocycles. The van der Waals surface area contributed by atoms with Gasteiger partial charge in [-0.2, -0.15) is 0 Å². The Hall–Kier alpha value is -0.200. The largest absolute Gasteiger partial charge is 0.330 e. The third-order valence-corrected chi connectivity index (χ3v) is 3.71. The minimum atomic E-state index is 0.0901. The van der Waals surface area contributed by atoms with E-state index in [1.54, 1.807) is 0 Å². The Morgan fingerprint density at radius 3 is 1.76 bits per heavy atom. The van der Waals surface area contributed by atoms with Crippen LogP contribution in [0.4, 0.5) is 0 Å². The number of hydrogen-bond donors (Lipinski definition) is 5. The van der Waals surface area contributed by atoms with Gasteiger partial charge in [0, 0.05) is 6.04 Å². The molecule has 17 heavy (non-hydrogen) atoms. The summed E-state index contributed by atoms with van der Waals surface area (Å²) < 4.78 is 0. The normalized spacial score (nSPS) is 13.9. The van der Waals surface area contributed by atoms with E-state index in [9.17, 15) is 0 Å². The number of hydrogen-bond acceptors (Lipinski definition) is 5. The van der Waals surface area contributed by atoms with Gasteiger partial charge in [-0.05, 0) is 70.7 Å².